The molecule has 1 aromatic carbocycles. The number of amides is 1. The summed E-state index contributed by atoms with van der Waals surface area (Å²) < 4.78 is 0. The van der Waals surface area contributed by atoms with Crippen LogP contribution in [0, 0.1) is 6.92 Å². The van der Waals surface area contributed by atoms with Crippen molar-refractivity contribution in [3.05, 3.63) is 57.8 Å². The number of nitrogens with one attached hydrogen (secondary N) is 2. The Bertz CT molecular complexity index is 617. The summed E-state index contributed by atoms with van der Waals surface area (Å²) in [5, 5.41) is 8.54. The Morgan fingerprint density at radius 1 is 1.22 bits per heavy atom. The van der Waals surface area contributed by atoms with Crippen molar-refractivity contribution in [2.45, 2.75) is 45.7 Å². The van der Waals surface area contributed by atoms with Crippen LogP contribution in [-0.4, -0.2) is 18.0 Å². The van der Waals surface area contributed by atoms with E-state index in [-0.39, 0.29) is 17.5 Å². The van der Waals surface area contributed by atoms with E-state index in [9.17, 15) is 4.79 Å². The van der Waals surface area contributed by atoms with E-state index < -0.39 is 0 Å². The van der Waals surface area contributed by atoms with E-state index in [1.165, 1.54) is 16.0 Å². The van der Waals surface area contributed by atoms with Crippen LogP contribution in [0.4, 0.5) is 0 Å². The smallest absolute Gasteiger partial charge is 0.234 e. The van der Waals surface area contributed by atoms with Gasteiger partial charge in [-0.15, -0.1) is 11.3 Å². The second-order valence-corrected chi connectivity index (χ2v) is 7.50. The molecule has 1 aromatic heterocycles. The fourth-order valence-corrected chi connectivity index (χ4v) is 3.13. The normalized spacial score (nSPS) is 12.9. The van der Waals surface area contributed by atoms with Crippen LogP contribution in [0.15, 0.2) is 41.8 Å². The highest BCUT2D eigenvalue weighted by molar-refractivity contribution is 7.10. The molecule has 0 aliphatic carbocycles. The number of aryl methyl sites for hydroxylation is 1. The SMILES string of the molecule is CCC(C)(C)NC(=O)CN[C@@H](c1ccc(C)cc1)c1cccs1. The summed E-state index contributed by atoms with van der Waals surface area (Å²) in [7, 11) is 0. The fraction of sp³-hybridized carbons (Fsp3) is 0.421. The predicted molar refractivity (Wildman–Crippen MR) is 97.9 cm³/mol. The van der Waals surface area contributed by atoms with Gasteiger partial charge < -0.3 is 5.32 Å². The van der Waals surface area contributed by atoms with E-state index in [1.54, 1.807) is 11.3 Å². The van der Waals surface area contributed by atoms with Crippen molar-refractivity contribution in [3.63, 3.8) is 0 Å². The topological polar surface area (TPSA) is 41.1 Å². The molecule has 0 unspecified atom stereocenters. The second-order valence-electron chi connectivity index (χ2n) is 6.53. The zero-order chi connectivity index (χ0) is 16.9. The number of hydrogen-bond donors (Lipinski definition) is 2. The molecule has 0 spiro atoms. The summed E-state index contributed by atoms with van der Waals surface area (Å²) in [4.78, 5) is 13.4. The van der Waals surface area contributed by atoms with Crippen LogP contribution in [0.3, 0.4) is 0 Å². The minimum absolute atomic E-state index is 0.0329. The van der Waals surface area contributed by atoms with Gasteiger partial charge in [-0.2, -0.15) is 0 Å². The van der Waals surface area contributed by atoms with E-state index in [1.807, 2.05) is 19.9 Å². The van der Waals surface area contributed by atoms with Crippen LogP contribution < -0.4 is 10.6 Å². The van der Waals surface area contributed by atoms with Gasteiger partial charge >= 0.3 is 0 Å². The van der Waals surface area contributed by atoms with Gasteiger partial charge in [-0.3, -0.25) is 10.1 Å². The van der Waals surface area contributed by atoms with Crippen molar-refractivity contribution < 1.29 is 4.79 Å². The van der Waals surface area contributed by atoms with E-state index in [0.717, 1.165) is 6.42 Å². The van der Waals surface area contributed by atoms with E-state index >= 15 is 0 Å². The molecule has 2 aromatic rings. The highest BCUT2D eigenvalue weighted by Crippen LogP contribution is 2.26. The van der Waals surface area contributed by atoms with Gasteiger partial charge in [-0.25, -0.2) is 0 Å². The Morgan fingerprint density at radius 2 is 1.91 bits per heavy atom. The maximum absolute atomic E-state index is 12.2. The molecular formula is C19H26N2OS. The lowest BCUT2D eigenvalue weighted by Crippen LogP contribution is -2.46. The Balaban J connectivity index is 2.07. The number of rotatable bonds is 7. The van der Waals surface area contributed by atoms with E-state index in [2.05, 4.69) is 60.2 Å². The summed E-state index contributed by atoms with van der Waals surface area (Å²) in [6.45, 7) is 8.55. The first-order chi connectivity index (χ1) is 10.9. The molecular weight excluding hydrogens is 304 g/mol. The van der Waals surface area contributed by atoms with Crippen LogP contribution in [0.25, 0.3) is 0 Å². The number of hydrogen-bond acceptors (Lipinski definition) is 3. The lowest BCUT2D eigenvalue weighted by molar-refractivity contribution is -0.121. The molecule has 23 heavy (non-hydrogen) atoms. The molecule has 1 amide bonds. The summed E-state index contributed by atoms with van der Waals surface area (Å²) in [6, 6.07) is 12.7. The molecule has 0 saturated carbocycles. The van der Waals surface area contributed by atoms with Gasteiger partial charge in [0.15, 0.2) is 0 Å². The van der Waals surface area contributed by atoms with Gasteiger partial charge in [0.1, 0.15) is 0 Å². The Kier molecular flexibility index (Phi) is 5.97. The standard InChI is InChI=1S/C19H26N2OS/c1-5-19(3,4)21-17(22)13-20-18(16-7-6-12-23-16)15-10-8-14(2)9-11-15/h6-12,18,20H,5,13H2,1-4H3,(H,21,22)/t18-/m0/s1. The summed E-state index contributed by atoms with van der Waals surface area (Å²) in [5.41, 5.74) is 2.25. The first-order valence-electron chi connectivity index (χ1n) is 8.05. The molecule has 0 fully saturated rings. The summed E-state index contributed by atoms with van der Waals surface area (Å²) in [6.07, 6.45) is 0.908. The van der Waals surface area contributed by atoms with E-state index in [0.29, 0.717) is 6.54 Å². The predicted octanol–water partition coefficient (Wildman–Crippen LogP) is 4.04. The molecule has 0 aliphatic rings. The Hall–Kier alpha value is -1.65. The highest BCUT2D eigenvalue weighted by Gasteiger charge is 2.20. The van der Waals surface area contributed by atoms with Gasteiger partial charge in [0.05, 0.1) is 12.6 Å². The first kappa shape index (κ1) is 17.7. The van der Waals surface area contributed by atoms with Crippen molar-refractivity contribution >= 4 is 17.2 Å². The lowest BCUT2D eigenvalue weighted by Gasteiger charge is -2.25. The maximum Gasteiger partial charge on any atom is 0.234 e. The molecule has 4 heteroatoms. The molecule has 124 valence electrons. The van der Waals surface area contributed by atoms with Gasteiger partial charge in [0, 0.05) is 10.4 Å². The van der Waals surface area contributed by atoms with Gasteiger partial charge in [0.25, 0.3) is 0 Å². The molecule has 1 heterocycles. The molecule has 0 radical (unpaired) electrons. The van der Waals surface area contributed by atoms with Gasteiger partial charge in [-0.05, 0) is 44.2 Å². The third-order valence-corrected chi connectivity index (χ3v) is 5.00. The fourth-order valence-electron chi connectivity index (χ4n) is 2.30. The molecule has 1 atom stereocenters. The van der Waals surface area contributed by atoms with Crippen molar-refractivity contribution in [3.8, 4) is 0 Å². The Labute approximate surface area is 143 Å². The zero-order valence-corrected chi connectivity index (χ0v) is 15.2. The number of carbonyl (C=O) groups excluding carboxylic acids is 1. The molecule has 0 bridgehead atoms. The van der Waals surface area contributed by atoms with Crippen LogP contribution in [-0.2, 0) is 4.79 Å². The Morgan fingerprint density at radius 3 is 2.48 bits per heavy atom. The van der Waals surface area contributed by atoms with Crippen LogP contribution in [0.5, 0.6) is 0 Å². The van der Waals surface area contributed by atoms with Gasteiger partial charge in [0.2, 0.25) is 5.91 Å². The highest BCUT2D eigenvalue weighted by atomic mass is 32.1. The van der Waals surface area contributed by atoms with Crippen molar-refractivity contribution in [1.29, 1.82) is 0 Å². The minimum Gasteiger partial charge on any atom is -0.350 e. The quantitative estimate of drug-likeness (QED) is 0.804. The maximum atomic E-state index is 12.2. The van der Waals surface area contributed by atoms with E-state index in [4.69, 9.17) is 0 Å². The van der Waals surface area contributed by atoms with Crippen molar-refractivity contribution in [2.75, 3.05) is 6.54 Å². The third kappa shape index (κ3) is 5.19. The lowest BCUT2D eigenvalue weighted by atomic mass is 10.0. The summed E-state index contributed by atoms with van der Waals surface area (Å²) in [5.74, 6) is 0.0329. The average molecular weight is 330 g/mol. The molecule has 3 nitrogen and oxygen atoms in total. The first-order valence-corrected chi connectivity index (χ1v) is 8.93. The number of carbonyl (C=O) groups is 1. The van der Waals surface area contributed by atoms with Crippen molar-refractivity contribution in [2.24, 2.45) is 0 Å². The third-order valence-electron chi connectivity index (χ3n) is 4.07. The molecule has 0 saturated heterocycles. The van der Waals surface area contributed by atoms with Crippen LogP contribution >= 0.6 is 11.3 Å². The number of benzene rings is 1. The monoisotopic (exact) mass is 330 g/mol. The molecule has 2 N–H and O–H groups in total. The van der Waals surface area contributed by atoms with Gasteiger partial charge in [-0.1, -0.05) is 42.8 Å². The molecule has 2 rings (SSSR count). The number of thiophene rings is 1. The zero-order valence-electron chi connectivity index (χ0n) is 14.3. The molecule has 0 aliphatic heterocycles. The minimum atomic E-state index is -0.166. The van der Waals surface area contributed by atoms with Crippen LogP contribution in [0.1, 0.15) is 49.2 Å². The average Bonchev–Trinajstić information content (AvgIpc) is 3.03. The largest absolute Gasteiger partial charge is 0.350 e. The summed E-state index contributed by atoms with van der Waals surface area (Å²) >= 11 is 1.71. The van der Waals surface area contributed by atoms with Crippen molar-refractivity contribution in [1.82, 2.24) is 10.6 Å². The van der Waals surface area contributed by atoms with Crippen LogP contribution in [0.2, 0.25) is 0 Å². The second kappa shape index (κ2) is 7.75.